The summed E-state index contributed by atoms with van der Waals surface area (Å²) in [6.45, 7) is 4.86. The second-order valence-electron chi connectivity index (χ2n) is 8.74. The third-order valence-electron chi connectivity index (χ3n) is 6.28. The number of carbonyl (C=O) groups excluding carboxylic acids is 1. The second-order valence-corrected chi connectivity index (χ2v) is 8.74. The standard InChI is InChI=1S/C28H33N3O2/c1-21-15-16-26(33-3)24(19-21)29-28(32)27(22-11-5-4-6-12-22)30(2)20-23-13-7-8-14-25(23)31-17-9-10-18-31/h4-8,11-16,19,27H,9-10,17-18,20H2,1-3H3,(H,29,32)/t27-/m0/s1. The van der Waals surface area contributed by atoms with Gasteiger partial charge in [0.15, 0.2) is 0 Å². The number of likely N-dealkylation sites (N-methyl/N-ethyl adjacent to an activating group) is 1. The Morgan fingerprint density at radius 3 is 2.45 bits per heavy atom. The minimum Gasteiger partial charge on any atom is -0.495 e. The zero-order valence-corrected chi connectivity index (χ0v) is 19.8. The van der Waals surface area contributed by atoms with Crippen LogP contribution in [0.2, 0.25) is 0 Å². The molecule has 1 atom stereocenters. The van der Waals surface area contributed by atoms with Crippen molar-refractivity contribution < 1.29 is 9.53 Å². The number of amides is 1. The van der Waals surface area contributed by atoms with E-state index in [0.717, 1.165) is 24.2 Å². The number of anilines is 2. The molecule has 0 bridgehead atoms. The summed E-state index contributed by atoms with van der Waals surface area (Å²) < 4.78 is 5.48. The fourth-order valence-electron chi connectivity index (χ4n) is 4.63. The molecule has 4 rings (SSSR count). The maximum absolute atomic E-state index is 13.6. The molecule has 1 aliphatic rings. The van der Waals surface area contributed by atoms with Crippen molar-refractivity contribution in [3.8, 4) is 5.75 Å². The molecule has 1 amide bonds. The summed E-state index contributed by atoms with van der Waals surface area (Å²) in [5.41, 5.74) is 5.23. The van der Waals surface area contributed by atoms with Crippen LogP contribution in [0.3, 0.4) is 0 Å². The number of para-hydroxylation sites is 1. The second kappa shape index (κ2) is 10.5. The number of methoxy groups -OCH3 is 1. The van der Waals surface area contributed by atoms with Crippen LogP contribution in [0, 0.1) is 6.92 Å². The van der Waals surface area contributed by atoms with Gasteiger partial charge in [0, 0.05) is 25.3 Å². The van der Waals surface area contributed by atoms with E-state index in [9.17, 15) is 4.79 Å². The van der Waals surface area contributed by atoms with Crippen LogP contribution in [0.4, 0.5) is 11.4 Å². The van der Waals surface area contributed by atoms with Gasteiger partial charge < -0.3 is 15.0 Å². The smallest absolute Gasteiger partial charge is 0.246 e. The first-order valence-electron chi connectivity index (χ1n) is 11.6. The van der Waals surface area contributed by atoms with Crippen LogP contribution in [-0.2, 0) is 11.3 Å². The van der Waals surface area contributed by atoms with Crippen molar-refractivity contribution in [2.24, 2.45) is 0 Å². The molecule has 1 aliphatic heterocycles. The number of ether oxygens (including phenoxy) is 1. The summed E-state index contributed by atoms with van der Waals surface area (Å²) >= 11 is 0. The van der Waals surface area contributed by atoms with Crippen molar-refractivity contribution in [2.45, 2.75) is 32.4 Å². The lowest BCUT2D eigenvalue weighted by Crippen LogP contribution is -2.35. The largest absolute Gasteiger partial charge is 0.495 e. The summed E-state index contributed by atoms with van der Waals surface area (Å²) in [5, 5.41) is 3.12. The maximum Gasteiger partial charge on any atom is 0.246 e. The Morgan fingerprint density at radius 2 is 1.73 bits per heavy atom. The van der Waals surface area contributed by atoms with E-state index < -0.39 is 6.04 Å². The van der Waals surface area contributed by atoms with E-state index in [4.69, 9.17) is 4.74 Å². The van der Waals surface area contributed by atoms with Crippen molar-refractivity contribution in [2.75, 3.05) is 37.5 Å². The quantitative estimate of drug-likeness (QED) is 0.505. The number of benzene rings is 3. The van der Waals surface area contributed by atoms with Gasteiger partial charge in [0.2, 0.25) is 5.91 Å². The van der Waals surface area contributed by atoms with Gasteiger partial charge in [0.05, 0.1) is 12.8 Å². The number of hydrogen-bond donors (Lipinski definition) is 1. The highest BCUT2D eigenvalue weighted by Gasteiger charge is 2.27. The first kappa shape index (κ1) is 22.9. The fourth-order valence-corrected chi connectivity index (χ4v) is 4.63. The molecule has 0 unspecified atom stereocenters. The van der Waals surface area contributed by atoms with E-state index in [-0.39, 0.29) is 5.91 Å². The van der Waals surface area contributed by atoms with Gasteiger partial charge in [-0.3, -0.25) is 9.69 Å². The van der Waals surface area contributed by atoms with Crippen LogP contribution in [0.5, 0.6) is 5.75 Å². The predicted octanol–water partition coefficient (Wildman–Crippen LogP) is 5.42. The summed E-state index contributed by atoms with van der Waals surface area (Å²) in [5.74, 6) is 0.578. The summed E-state index contributed by atoms with van der Waals surface area (Å²) in [6, 6.07) is 23.9. The van der Waals surface area contributed by atoms with Crippen molar-refractivity contribution in [1.29, 1.82) is 0 Å². The van der Waals surface area contributed by atoms with Crippen LogP contribution >= 0.6 is 0 Å². The Bertz CT molecular complexity index is 1080. The Morgan fingerprint density at radius 1 is 1.03 bits per heavy atom. The topological polar surface area (TPSA) is 44.8 Å². The maximum atomic E-state index is 13.6. The molecule has 3 aromatic rings. The average molecular weight is 444 g/mol. The molecule has 1 heterocycles. The van der Waals surface area contributed by atoms with Crippen LogP contribution in [-0.4, -0.2) is 38.1 Å². The predicted molar refractivity (Wildman–Crippen MR) is 135 cm³/mol. The van der Waals surface area contributed by atoms with Gasteiger partial charge >= 0.3 is 0 Å². The Balaban J connectivity index is 1.62. The first-order chi connectivity index (χ1) is 16.1. The number of rotatable bonds is 8. The summed E-state index contributed by atoms with van der Waals surface area (Å²) in [7, 11) is 3.64. The van der Waals surface area contributed by atoms with E-state index in [0.29, 0.717) is 18.0 Å². The van der Waals surface area contributed by atoms with Crippen molar-refractivity contribution in [3.63, 3.8) is 0 Å². The molecule has 33 heavy (non-hydrogen) atoms. The molecule has 5 nitrogen and oxygen atoms in total. The number of nitrogens with zero attached hydrogens (tertiary/aromatic N) is 2. The Hall–Kier alpha value is -3.31. The molecule has 172 valence electrons. The van der Waals surface area contributed by atoms with Crippen LogP contribution in [0.1, 0.15) is 35.6 Å². The molecule has 0 radical (unpaired) electrons. The van der Waals surface area contributed by atoms with Crippen molar-refractivity contribution in [1.82, 2.24) is 4.90 Å². The molecule has 3 aromatic carbocycles. The third kappa shape index (κ3) is 5.37. The van der Waals surface area contributed by atoms with E-state index >= 15 is 0 Å². The summed E-state index contributed by atoms with van der Waals surface area (Å²) in [4.78, 5) is 18.2. The highest BCUT2D eigenvalue weighted by atomic mass is 16.5. The molecular formula is C28H33N3O2. The Kier molecular flexibility index (Phi) is 7.30. The van der Waals surface area contributed by atoms with Gasteiger partial charge in [-0.15, -0.1) is 0 Å². The van der Waals surface area contributed by atoms with Gasteiger partial charge in [0.25, 0.3) is 0 Å². The molecule has 0 aromatic heterocycles. The van der Waals surface area contributed by atoms with Gasteiger partial charge in [0.1, 0.15) is 11.8 Å². The normalized spacial score (nSPS) is 14.4. The molecule has 1 fully saturated rings. The van der Waals surface area contributed by atoms with Gasteiger partial charge in [-0.1, -0.05) is 54.6 Å². The first-order valence-corrected chi connectivity index (χ1v) is 11.6. The lowest BCUT2D eigenvalue weighted by molar-refractivity contribution is -0.121. The fraction of sp³-hybridized carbons (Fsp3) is 0.321. The van der Waals surface area contributed by atoms with Gasteiger partial charge in [-0.05, 0) is 61.7 Å². The molecule has 0 spiro atoms. The van der Waals surface area contributed by atoms with E-state index in [1.807, 2.05) is 62.5 Å². The van der Waals surface area contributed by atoms with Crippen LogP contribution in [0.15, 0.2) is 72.8 Å². The van der Waals surface area contributed by atoms with E-state index in [2.05, 4.69) is 39.4 Å². The minimum atomic E-state index is -0.442. The van der Waals surface area contributed by atoms with Gasteiger partial charge in [-0.2, -0.15) is 0 Å². The zero-order chi connectivity index (χ0) is 23.2. The van der Waals surface area contributed by atoms with Crippen molar-refractivity contribution in [3.05, 3.63) is 89.5 Å². The highest BCUT2D eigenvalue weighted by molar-refractivity contribution is 5.96. The molecular weight excluding hydrogens is 410 g/mol. The molecule has 0 saturated carbocycles. The monoisotopic (exact) mass is 443 g/mol. The van der Waals surface area contributed by atoms with Crippen LogP contribution in [0.25, 0.3) is 0 Å². The number of aryl methyl sites for hydroxylation is 1. The molecule has 5 heteroatoms. The highest BCUT2D eigenvalue weighted by Crippen LogP contribution is 2.31. The number of nitrogens with one attached hydrogen (secondary N) is 1. The SMILES string of the molecule is COc1ccc(C)cc1NC(=O)[C@H](c1ccccc1)N(C)Cc1ccccc1N1CCCC1. The minimum absolute atomic E-state index is 0.0775. The lowest BCUT2D eigenvalue weighted by atomic mass is 10.0. The summed E-state index contributed by atoms with van der Waals surface area (Å²) in [6.07, 6.45) is 2.47. The van der Waals surface area contributed by atoms with Gasteiger partial charge in [-0.25, -0.2) is 0 Å². The molecule has 1 N–H and O–H groups in total. The van der Waals surface area contributed by atoms with Crippen LogP contribution < -0.4 is 15.0 Å². The van der Waals surface area contributed by atoms with E-state index in [1.54, 1.807) is 7.11 Å². The Labute approximate surface area is 197 Å². The molecule has 0 aliphatic carbocycles. The number of hydrogen-bond acceptors (Lipinski definition) is 4. The third-order valence-corrected chi connectivity index (χ3v) is 6.28. The molecule has 1 saturated heterocycles. The van der Waals surface area contributed by atoms with Crippen molar-refractivity contribution >= 4 is 17.3 Å². The number of carbonyl (C=O) groups is 1. The van der Waals surface area contributed by atoms with E-state index in [1.165, 1.54) is 24.1 Å². The lowest BCUT2D eigenvalue weighted by Gasteiger charge is -2.30. The average Bonchev–Trinajstić information content (AvgIpc) is 3.35. The zero-order valence-electron chi connectivity index (χ0n) is 19.8.